The molecule has 1 unspecified atom stereocenters. The van der Waals surface area contributed by atoms with Gasteiger partial charge in [-0.1, -0.05) is 197 Å². The number of allylic oxidation sites excluding steroid dienone is 8. The normalized spacial score (nSPS) is 13.6. The first-order chi connectivity index (χ1) is 28.8. The molecule has 0 amide bonds. The summed E-state index contributed by atoms with van der Waals surface area (Å²) in [6.45, 7) is 3.69. The molecule has 0 saturated heterocycles. The molecule has 0 aromatic carbocycles. The summed E-state index contributed by atoms with van der Waals surface area (Å²) in [7, 11) is -4.39. The quantitative estimate of drug-likeness (QED) is 0.0266. The van der Waals surface area contributed by atoms with E-state index in [9.17, 15) is 19.0 Å². The summed E-state index contributed by atoms with van der Waals surface area (Å²) < 4.78 is 32.8. The minimum Gasteiger partial charge on any atom is -0.462 e. The molecule has 0 aliphatic carbocycles. The van der Waals surface area contributed by atoms with Crippen molar-refractivity contribution in [3.8, 4) is 0 Å². The summed E-state index contributed by atoms with van der Waals surface area (Å²) in [6.07, 6.45) is 52.9. The van der Waals surface area contributed by atoms with Crippen LogP contribution in [0.4, 0.5) is 0 Å². The molecule has 344 valence electrons. The molecule has 2 atom stereocenters. The molecular formula is C49H90NO8P. The van der Waals surface area contributed by atoms with E-state index in [0.717, 1.165) is 57.8 Å². The number of carbonyl (C=O) groups is 2. The maximum absolute atomic E-state index is 12.6. The molecular weight excluding hydrogens is 762 g/mol. The lowest BCUT2D eigenvalue weighted by atomic mass is 10.0. The summed E-state index contributed by atoms with van der Waals surface area (Å²) >= 11 is 0. The highest BCUT2D eigenvalue weighted by molar-refractivity contribution is 7.47. The van der Waals surface area contributed by atoms with Gasteiger partial charge in [0, 0.05) is 19.4 Å². The van der Waals surface area contributed by atoms with E-state index in [1.807, 2.05) is 0 Å². The highest BCUT2D eigenvalue weighted by atomic mass is 31.2. The zero-order valence-electron chi connectivity index (χ0n) is 38.0. The molecule has 9 nitrogen and oxygen atoms in total. The average Bonchev–Trinajstić information content (AvgIpc) is 3.22. The minimum atomic E-state index is -4.39. The highest BCUT2D eigenvalue weighted by Crippen LogP contribution is 2.43. The van der Waals surface area contributed by atoms with Crippen LogP contribution in [-0.4, -0.2) is 49.3 Å². The third-order valence-corrected chi connectivity index (χ3v) is 11.2. The largest absolute Gasteiger partial charge is 0.472 e. The van der Waals surface area contributed by atoms with Crippen molar-refractivity contribution in [2.75, 3.05) is 26.4 Å². The maximum atomic E-state index is 12.6. The standard InChI is InChI=1S/C49H90NO8P/c1-3-5-7-9-11-13-15-17-19-21-23-25-27-29-31-33-35-37-39-41-48(51)55-45-47(46-57-59(53,54)56-44-43-50)58-49(52)42-40-38-36-34-32-30-28-26-24-22-20-18-16-14-12-10-8-6-4-2/h12,14,18,20,24,26,30,32,47H,3-11,13,15-17,19,21-23,25,27-29,31,33-46,50H2,1-2H3,(H,53,54)/b14-12+,20-18+,26-24+,32-30+/t47-/m1/s1. The van der Waals surface area contributed by atoms with Crippen LogP contribution >= 0.6 is 7.82 Å². The zero-order valence-corrected chi connectivity index (χ0v) is 38.9. The van der Waals surface area contributed by atoms with Crippen molar-refractivity contribution in [1.29, 1.82) is 0 Å². The van der Waals surface area contributed by atoms with Gasteiger partial charge in [-0.2, -0.15) is 0 Å². The Labute approximate surface area is 362 Å². The SMILES string of the molecule is CCCCC/C=C/C/C=C/C/C=C/C/C=C/CCCCCC(=O)O[C@H](COC(=O)CCCCCCCCCCCCCCCCCCCCC)COP(=O)(O)OCCN. The lowest BCUT2D eigenvalue weighted by Gasteiger charge is -2.19. The molecule has 59 heavy (non-hydrogen) atoms. The third kappa shape index (κ3) is 45.3. The molecule has 0 aliphatic rings. The molecule has 10 heteroatoms. The Morgan fingerprint density at radius 2 is 0.881 bits per heavy atom. The second-order valence-electron chi connectivity index (χ2n) is 16.0. The van der Waals surface area contributed by atoms with Gasteiger partial charge in [0.2, 0.25) is 0 Å². The van der Waals surface area contributed by atoms with E-state index in [0.29, 0.717) is 6.42 Å². The predicted octanol–water partition coefficient (Wildman–Crippen LogP) is 14.3. The lowest BCUT2D eigenvalue weighted by molar-refractivity contribution is -0.161. The topological polar surface area (TPSA) is 134 Å². The van der Waals surface area contributed by atoms with Gasteiger partial charge in [-0.05, 0) is 57.8 Å². The van der Waals surface area contributed by atoms with Crippen molar-refractivity contribution >= 4 is 19.8 Å². The molecule has 0 aromatic heterocycles. The number of phosphoric acid groups is 1. The Kier molecular flexibility index (Phi) is 43.9. The average molecular weight is 852 g/mol. The number of ether oxygens (including phenoxy) is 2. The van der Waals surface area contributed by atoms with E-state index in [-0.39, 0.29) is 38.6 Å². The van der Waals surface area contributed by atoms with Crippen molar-refractivity contribution in [3.05, 3.63) is 48.6 Å². The Morgan fingerprint density at radius 3 is 1.34 bits per heavy atom. The van der Waals surface area contributed by atoms with E-state index in [1.54, 1.807) is 0 Å². The molecule has 0 spiro atoms. The summed E-state index contributed by atoms with van der Waals surface area (Å²) in [6, 6.07) is 0. The highest BCUT2D eigenvalue weighted by Gasteiger charge is 2.26. The Morgan fingerprint density at radius 1 is 0.508 bits per heavy atom. The molecule has 0 fully saturated rings. The Balaban J connectivity index is 4.14. The van der Waals surface area contributed by atoms with Crippen LogP contribution in [0.2, 0.25) is 0 Å². The van der Waals surface area contributed by atoms with E-state index >= 15 is 0 Å². The Hall–Kier alpha value is -2.03. The number of carbonyl (C=O) groups excluding carboxylic acids is 2. The summed E-state index contributed by atoms with van der Waals surface area (Å²) in [5.41, 5.74) is 5.36. The molecule has 3 N–H and O–H groups in total. The number of unbranched alkanes of at least 4 members (excludes halogenated alkanes) is 24. The number of esters is 2. The third-order valence-electron chi connectivity index (χ3n) is 10.2. The van der Waals surface area contributed by atoms with Gasteiger partial charge in [-0.3, -0.25) is 18.6 Å². The summed E-state index contributed by atoms with van der Waals surface area (Å²) in [4.78, 5) is 35.0. The lowest BCUT2D eigenvalue weighted by Crippen LogP contribution is -2.29. The number of hydrogen-bond donors (Lipinski definition) is 2. The second-order valence-corrected chi connectivity index (χ2v) is 17.4. The molecule has 0 heterocycles. The van der Waals surface area contributed by atoms with Gasteiger partial charge in [0.05, 0.1) is 13.2 Å². The fraction of sp³-hybridized carbons (Fsp3) is 0.796. The first kappa shape index (κ1) is 57.0. The van der Waals surface area contributed by atoms with Crippen LogP contribution in [0, 0.1) is 0 Å². The molecule has 0 aromatic rings. The maximum Gasteiger partial charge on any atom is 0.472 e. The second kappa shape index (κ2) is 45.5. The molecule has 0 saturated carbocycles. The van der Waals surface area contributed by atoms with Gasteiger partial charge in [-0.25, -0.2) is 4.57 Å². The van der Waals surface area contributed by atoms with Crippen LogP contribution in [-0.2, 0) is 32.7 Å². The van der Waals surface area contributed by atoms with Gasteiger partial charge < -0.3 is 20.1 Å². The van der Waals surface area contributed by atoms with Crippen LogP contribution in [0.3, 0.4) is 0 Å². The van der Waals surface area contributed by atoms with Gasteiger partial charge in [-0.15, -0.1) is 0 Å². The number of nitrogens with two attached hydrogens (primary N) is 1. The van der Waals surface area contributed by atoms with Gasteiger partial charge >= 0.3 is 19.8 Å². The van der Waals surface area contributed by atoms with E-state index in [4.69, 9.17) is 24.3 Å². The van der Waals surface area contributed by atoms with Gasteiger partial charge in [0.1, 0.15) is 6.61 Å². The number of rotatable bonds is 45. The first-order valence-corrected chi connectivity index (χ1v) is 25.6. The fourth-order valence-corrected chi connectivity index (χ4v) is 7.38. The Bertz CT molecular complexity index is 1110. The van der Waals surface area contributed by atoms with Crippen molar-refractivity contribution < 1.29 is 37.6 Å². The van der Waals surface area contributed by atoms with Crippen molar-refractivity contribution in [3.63, 3.8) is 0 Å². The first-order valence-electron chi connectivity index (χ1n) is 24.1. The smallest absolute Gasteiger partial charge is 0.462 e. The number of phosphoric ester groups is 1. The predicted molar refractivity (Wildman–Crippen MR) is 247 cm³/mol. The zero-order chi connectivity index (χ0) is 43.2. The minimum absolute atomic E-state index is 0.0474. The summed E-state index contributed by atoms with van der Waals surface area (Å²) in [5.74, 6) is -0.858. The van der Waals surface area contributed by atoms with Crippen molar-refractivity contribution in [2.24, 2.45) is 5.73 Å². The van der Waals surface area contributed by atoms with Crippen molar-refractivity contribution in [2.45, 2.75) is 225 Å². The molecule has 0 bridgehead atoms. The molecule has 0 aliphatic heterocycles. The summed E-state index contributed by atoms with van der Waals surface area (Å²) in [5, 5.41) is 0. The number of hydrogen-bond acceptors (Lipinski definition) is 8. The van der Waals surface area contributed by atoms with Crippen LogP contribution in [0.5, 0.6) is 0 Å². The van der Waals surface area contributed by atoms with E-state index in [1.165, 1.54) is 128 Å². The van der Waals surface area contributed by atoms with Crippen LogP contribution < -0.4 is 5.73 Å². The fourth-order valence-electron chi connectivity index (χ4n) is 6.62. The van der Waals surface area contributed by atoms with Gasteiger partial charge in [0.25, 0.3) is 0 Å². The van der Waals surface area contributed by atoms with E-state index < -0.39 is 26.5 Å². The van der Waals surface area contributed by atoms with Crippen molar-refractivity contribution in [1.82, 2.24) is 0 Å². The monoisotopic (exact) mass is 852 g/mol. The molecule has 0 rings (SSSR count). The van der Waals surface area contributed by atoms with Crippen LogP contribution in [0.25, 0.3) is 0 Å². The molecule has 0 radical (unpaired) electrons. The van der Waals surface area contributed by atoms with E-state index in [2.05, 4.69) is 62.5 Å². The van der Waals surface area contributed by atoms with Gasteiger partial charge in [0.15, 0.2) is 6.10 Å². The van der Waals surface area contributed by atoms with Crippen LogP contribution in [0.15, 0.2) is 48.6 Å². The van der Waals surface area contributed by atoms with Crippen LogP contribution in [0.1, 0.15) is 219 Å².